The lowest BCUT2D eigenvalue weighted by Crippen LogP contribution is -3.00. The third-order valence-electron chi connectivity index (χ3n) is 1.96. The first-order valence-corrected chi connectivity index (χ1v) is 4.57. The number of hydrogen-bond acceptors (Lipinski definition) is 3. The van der Waals surface area contributed by atoms with Crippen LogP contribution in [0.1, 0.15) is 5.56 Å². The van der Waals surface area contributed by atoms with E-state index in [0.29, 0.717) is 16.6 Å². The number of quaternary nitrogens is 1. The first-order valence-electron chi connectivity index (χ1n) is 4.57. The Balaban J connectivity index is 0.00000225. The summed E-state index contributed by atoms with van der Waals surface area (Å²) in [5, 5.41) is 20.3. The quantitative estimate of drug-likeness (QED) is 0.316. The van der Waals surface area contributed by atoms with Crippen LogP contribution in [0.5, 0.6) is 5.75 Å². The fraction of sp³-hybridized carbons (Fsp3) is 0.400. The van der Waals surface area contributed by atoms with Crippen LogP contribution in [-0.2, 0) is 6.54 Å². The molecule has 0 amide bonds. The fourth-order valence-corrected chi connectivity index (χ4v) is 1.37. The zero-order valence-electron chi connectivity index (χ0n) is 9.48. The number of aromatic hydroxyl groups is 1. The van der Waals surface area contributed by atoms with Gasteiger partial charge in [0, 0.05) is 6.07 Å². The number of benzene rings is 1. The van der Waals surface area contributed by atoms with Gasteiger partial charge in [0.05, 0.1) is 26.1 Å². The van der Waals surface area contributed by atoms with Gasteiger partial charge in [0.1, 0.15) is 17.9 Å². The van der Waals surface area contributed by atoms with Crippen LogP contribution >= 0.6 is 0 Å². The molecule has 16 heavy (non-hydrogen) atoms. The van der Waals surface area contributed by atoms with Crippen LogP contribution < -0.4 is 24.0 Å². The highest BCUT2D eigenvalue weighted by molar-refractivity contribution is 5.48. The molecule has 90 valence electrons. The van der Waals surface area contributed by atoms with E-state index < -0.39 is 4.92 Å². The first-order chi connectivity index (χ1) is 6.81. The lowest BCUT2D eigenvalue weighted by molar-refractivity contribution is -0.884. The van der Waals surface area contributed by atoms with Gasteiger partial charge >= 0.3 is 0 Å². The van der Waals surface area contributed by atoms with Crippen molar-refractivity contribution in [2.75, 3.05) is 21.1 Å². The van der Waals surface area contributed by atoms with Crippen molar-refractivity contribution in [2.45, 2.75) is 6.54 Å². The number of nitro benzene ring substituents is 1. The summed E-state index contributed by atoms with van der Waals surface area (Å²) in [7, 11) is 5.74. The van der Waals surface area contributed by atoms with Crippen LogP contribution in [0.2, 0.25) is 0 Å². The van der Waals surface area contributed by atoms with E-state index in [1.165, 1.54) is 18.2 Å². The average molecular weight is 338 g/mol. The van der Waals surface area contributed by atoms with Gasteiger partial charge < -0.3 is 33.6 Å². The van der Waals surface area contributed by atoms with Crippen LogP contribution in [0.15, 0.2) is 18.2 Å². The van der Waals surface area contributed by atoms with E-state index in [-0.39, 0.29) is 35.4 Å². The Morgan fingerprint density at radius 3 is 2.38 bits per heavy atom. The number of phenolic OH excluding ortho intramolecular Hbond substituents is 1. The van der Waals surface area contributed by atoms with Gasteiger partial charge in [-0.3, -0.25) is 10.1 Å². The standard InChI is InChI=1S/C10H14N2O3.HI/c1-12(2,3)7-8-9(11(14)15)5-4-6-10(8)13;/h4-6H,7H2,1-3H3;1H. The van der Waals surface area contributed by atoms with Crippen molar-refractivity contribution in [1.29, 1.82) is 0 Å². The Morgan fingerprint density at radius 2 is 1.94 bits per heavy atom. The zero-order chi connectivity index (χ0) is 11.6. The molecule has 1 aromatic rings. The summed E-state index contributed by atoms with van der Waals surface area (Å²) < 4.78 is 0.526. The first kappa shape index (κ1) is 15.1. The smallest absolute Gasteiger partial charge is 0.282 e. The summed E-state index contributed by atoms with van der Waals surface area (Å²) in [4.78, 5) is 10.3. The molecule has 6 heteroatoms. The lowest BCUT2D eigenvalue weighted by Gasteiger charge is -2.23. The Morgan fingerprint density at radius 1 is 1.38 bits per heavy atom. The normalized spacial score (nSPS) is 10.7. The molecule has 0 saturated heterocycles. The third-order valence-corrected chi connectivity index (χ3v) is 1.96. The average Bonchev–Trinajstić information content (AvgIpc) is 2.05. The van der Waals surface area contributed by atoms with E-state index in [2.05, 4.69) is 0 Å². The maximum atomic E-state index is 10.7. The van der Waals surface area contributed by atoms with Gasteiger partial charge in [-0.25, -0.2) is 0 Å². The second kappa shape index (κ2) is 5.44. The maximum absolute atomic E-state index is 10.7. The van der Waals surface area contributed by atoms with Crippen molar-refractivity contribution in [3.8, 4) is 5.75 Å². The zero-order valence-corrected chi connectivity index (χ0v) is 11.6. The second-order valence-corrected chi connectivity index (χ2v) is 4.48. The topological polar surface area (TPSA) is 63.4 Å². The molecule has 0 aliphatic carbocycles. The molecular formula is C10H15IN2O3. The molecule has 5 nitrogen and oxygen atoms in total. The summed E-state index contributed by atoms with van der Waals surface area (Å²) >= 11 is 0. The highest BCUT2D eigenvalue weighted by Crippen LogP contribution is 2.29. The van der Waals surface area contributed by atoms with E-state index in [1.54, 1.807) is 0 Å². The van der Waals surface area contributed by atoms with Crippen LogP contribution in [0.3, 0.4) is 0 Å². The molecule has 1 aromatic carbocycles. The van der Waals surface area contributed by atoms with Crippen molar-refractivity contribution in [2.24, 2.45) is 0 Å². The minimum atomic E-state index is -0.468. The van der Waals surface area contributed by atoms with Gasteiger partial charge in [-0.05, 0) is 6.07 Å². The molecule has 0 unspecified atom stereocenters. The molecule has 1 rings (SSSR count). The fourth-order valence-electron chi connectivity index (χ4n) is 1.37. The van der Waals surface area contributed by atoms with Crippen molar-refractivity contribution in [3.63, 3.8) is 0 Å². The molecule has 0 spiro atoms. The van der Waals surface area contributed by atoms with E-state index in [0.717, 1.165) is 0 Å². The van der Waals surface area contributed by atoms with Gasteiger partial charge in [-0.15, -0.1) is 0 Å². The Bertz CT molecular complexity index is 388. The lowest BCUT2D eigenvalue weighted by atomic mass is 10.1. The Hall–Kier alpha value is -0.890. The van der Waals surface area contributed by atoms with E-state index in [4.69, 9.17) is 0 Å². The highest BCUT2D eigenvalue weighted by atomic mass is 127. The number of hydrogen-bond donors (Lipinski definition) is 1. The Kier molecular flexibility index (Phi) is 5.14. The van der Waals surface area contributed by atoms with Gasteiger partial charge in [0.2, 0.25) is 0 Å². The predicted molar refractivity (Wildman–Crippen MR) is 56.5 cm³/mol. The van der Waals surface area contributed by atoms with Crippen molar-refractivity contribution < 1.29 is 38.5 Å². The minimum absolute atomic E-state index is 0. The van der Waals surface area contributed by atoms with Crippen molar-refractivity contribution in [3.05, 3.63) is 33.9 Å². The molecule has 0 bridgehead atoms. The second-order valence-electron chi connectivity index (χ2n) is 4.48. The van der Waals surface area contributed by atoms with E-state index >= 15 is 0 Å². The molecular weight excluding hydrogens is 323 g/mol. The van der Waals surface area contributed by atoms with Crippen LogP contribution in [0.4, 0.5) is 5.69 Å². The summed E-state index contributed by atoms with van der Waals surface area (Å²) in [6.45, 7) is 0.420. The number of nitro groups is 1. The van der Waals surface area contributed by atoms with Gasteiger partial charge in [0.25, 0.3) is 5.69 Å². The number of rotatable bonds is 3. The third kappa shape index (κ3) is 3.93. The highest BCUT2D eigenvalue weighted by Gasteiger charge is 2.22. The molecule has 0 saturated carbocycles. The molecule has 0 radical (unpaired) electrons. The summed E-state index contributed by atoms with van der Waals surface area (Å²) in [6.07, 6.45) is 0. The molecule has 1 N–H and O–H groups in total. The van der Waals surface area contributed by atoms with E-state index in [9.17, 15) is 15.2 Å². The van der Waals surface area contributed by atoms with Crippen LogP contribution in [0, 0.1) is 10.1 Å². The molecule has 0 atom stereocenters. The number of halogens is 1. The van der Waals surface area contributed by atoms with E-state index in [1.807, 2.05) is 21.1 Å². The molecule has 0 fully saturated rings. The number of nitrogens with zero attached hydrogens (tertiary/aromatic N) is 2. The van der Waals surface area contributed by atoms with Gasteiger partial charge in [0.15, 0.2) is 0 Å². The summed E-state index contributed by atoms with van der Waals surface area (Å²) in [5.41, 5.74) is 0.359. The minimum Gasteiger partial charge on any atom is -1.00 e. The largest absolute Gasteiger partial charge is 1.00 e. The van der Waals surface area contributed by atoms with Crippen molar-refractivity contribution in [1.82, 2.24) is 0 Å². The molecule has 0 aliphatic heterocycles. The van der Waals surface area contributed by atoms with Crippen LogP contribution in [-0.4, -0.2) is 35.7 Å². The van der Waals surface area contributed by atoms with Crippen molar-refractivity contribution >= 4 is 5.69 Å². The molecule has 0 heterocycles. The predicted octanol–water partition coefficient (Wildman–Crippen LogP) is -1.49. The molecule has 0 aliphatic rings. The monoisotopic (exact) mass is 338 g/mol. The maximum Gasteiger partial charge on any atom is 0.282 e. The summed E-state index contributed by atoms with van der Waals surface area (Å²) in [5.74, 6) is -0.0164. The number of phenols is 1. The van der Waals surface area contributed by atoms with Gasteiger partial charge in [-0.2, -0.15) is 0 Å². The molecule has 0 aromatic heterocycles. The van der Waals surface area contributed by atoms with Crippen LogP contribution in [0.25, 0.3) is 0 Å². The Labute approximate surface area is 111 Å². The SMILES string of the molecule is C[N+](C)(C)Cc1c(O)cccc1[N+](=O)[O-].[I-]. The summed E-state index contributed by atoms with van der Waals surface area (Å²) in [6, 6.07) is 4.36. The van der Waals surface area contributed by atoms with Gasteiger partial charge in [-0.1, -0.05) is 6.07 Å².